The molecule has 5 nitrogen and oxygen atoms in total. The molecule has 0 atom stereocenters. The third-order valence-corrected chi connectivity index (χ3v) is 3.17. The second-order valence-electron chi connectivity index (χ2n) is 4.36. The van der Waals surface area contributed by atoms with Crippen LogP contribution >= 0.6 is 11.6 Å². The summed E-state index contributed by atoms with van der Waals surface area (Å²) in [6.07, 6.45) is 3.28. The normalized spacial score (nSPS) is 10.7. The summed E-state index contributed by atoms with van der Waals surface area (Å²) in [6, 6.07) is 8.99. The summed E-state index contributed by atoms with van der Waals surface area (Å²) in [5.41, 5.74) is 1.58. The molecular formula is C14H11ClN4O. The summed E-state index contributed by atoms with van der Waals surface area (Å²) in [4.78, 5) is 16.5. The summed E-state index contributed by atoms with van der Waals surface area (Å²) in [5.74, 6) is -0.314. The fraction of sp³-hybridized carbons (Fsp3) is 0.0714. The molecule has 3 rings (SSSR count). The Morgan fingerprint density at radius 2 is 2.15 bits per heavy atom. The van der Waals surface area contributed by atoms with E-state index in [0.29, 0.717) is 16.2 Å². The molecule has 2 aromatic heterocycles. The minimum Gasteiger partial charge on any atom is -0.318 e. The van der Waals surface area contributed by atoms with Crippen molar-refractivity contribution in [3.8, 4) is 0 Å². The lowest BCUT2D eigenvalue weighted by Gasteiger charge is -2.05. The first-order valence-corrected chi connectivity index (χ1v) is 6.36. The summed E-state index contributed by atoms with van der Waals surface area (Å²) >= 11 is 6.18. The maximum atomic E-state index is 12.1. The highest BCUT2D eigenvalue weighted by atomic mass is 35.5. The average Bonchev–Trinajstić information content (AvgIpc) is 2.84. The van der Waals surface area contributed by atoms with Gasteiger partial charge in [0, 0.05) is 18.6 Å². The van der Waals surface area contributed by atoms with Crippen LogP contribution in [0.25, 0.3) is 10.9 Å². The minimum atomic E-state index is -0.314. The number of rotatable bonds is 2. The highest BCUT2D eigenvalue weighted by Gasteiger charge is 2.12. The molecule has 0 aliphatic carbocycles. The number of nitrogens with one attached hydrogen (secondary N) is 1. The molecule has 1 amide bonds. The highest BCUT2D eigenvalue weighted by Crippen LogP contribution is 2.23. The van der Waals surface area contributed by atoms with E-state index in [2.05, 4.69) is 15.4 Å². The molecule has 0 saturated carbocycles. The number of aromatic nitrogens is 3. The molecular weight excluding hydrogens is 276 g/mol. The Hall–Kier alpha value is -2.40. The number of aryl methyl sites for hydroxylation is 1. The number of amides is 1. The van der Waals surface area contributed by atoms with Gasteiger partial charge in [0.05, 0.1) is 22.4 Å². The summed E-state index contributed by atoms with van der Waals surface area (Å²) in [7, 11) is 1.78. The van der Waals surface area contributed by atoms with Crippen molar-refractivity contribution < 1.29 is 4.79 Å². The largest absolute Gasteiger partial charge is 0.318 e. The molecule has 0 fully saturated rings. The number of anilines is 1. The summed E-state index contributed by atoms with van der Waals surface area (Å²) in [5, 5.41) is 8.05. The van der Waals surface area contributed by atoms with Gasteiger partial charge in [-0.2, -0.15) is 5.10 Å². The van der Waals surface area contributed by atoms with E-state index < -0.39 is 0 Å². The molecule has 0 aliphatic rings. The first-order valence-electron chi connectivity index (χ1n) is 5.99. The zero-order valence-corrected chi connectivity index (χ0v) is 11.4. The molecule has 6 heteroatoms. The topological polar surface area (TPSA) is 59.8 Å². The number of carbonyl (C=O) groups is 1. The fourth-order valence-corrected chi connectivity index (χ4v) is 2.19. The van der Waals surface area contributed by atoms with E-state index in [9.17, 15) is 4.79 Å². The fourth-order valence-electron chi connectivity index (χ4n) is 1.93. The van der Waals surface area contributed by atoms with E-state index in [-0.39, 0.29) is 11.6 Å². The quantitative estimate of drug-likeness (QED) is 0.788. The second kappa shape index (κ2) is 4.94. The Labute approximate surface area is 120 Å². The first kappa shape index (κ1) is 12.6. The van der Waals surface area contributed by atoms with Gasteiger partial charge in [0.25, 0.3) is 5.91 Å². The Bertz CT molecular complexity index is 797. The van der Waals surface area contributed by atoms with Gasteiger partial charge in [-0.05, 0) is 12.1 Å². The zero-order chi connectivity index (χ0) is 14.1. The van der Waals surface area contributed by atoms with Gasteiger partial charge in [0.2, 0.25) is 0 Å². The maximum absolute atomic E-state index is 12.1. The lowest BCUT2D eigenvalue weighted by Crippen LogP contribution is -2.13. The van der Waals surface area contributed by atoms with Crippen LogP contribution in [0.15, 0.2) is 42.7 Å². The minimum absolute atomic E-state index is 0.276. The Balaban J connectivity index is 1.95. The van der Waals surface area contributed by atoms with Crippen LogP contribution in [-0.4, -0.2) is 20.7 Å². The summed E-state index contributed by atoms with van der Waals surface area (Å²) < 4.78 is 1.61. The molecule has 3 aromatic rings. The molecule has 0 aliphatic heterocycles. The monoisotopic (exact) mass is 286 g/mol. The van der Waals surface area contributed by atoms with Crippen LogP contribution < -0.4 is 5.32 Å². The summed E-state index contributed by atoms with van der Waals surface area (Å²) in [6.45, 7) is 0. The number of hydrogen-bond acceptors (Lipinski definition) is 3. The van der Waals surface area contributed by atoms with Gasteiger partial charge in [0.1, 0.15) is 5.69 Å². The number of benzene rings is 1. The van der Waals surface area contributed by atoms with Crippen LogP contribution in [0.4, 0.5) is 5.69 Å². The van der Waals surface area contributed by atoms with E-state index >= 15 is 0 Å². The van der Waals surface area contributed by atoms with Crippen LogP contribution in [0.1, 0.15) is 10.5 Å². The van der Waals surface area contributed by atoms with Crippen molar-refractivity contribution in [1.82, 2.24) is 14.8 Å². The molecule has 1 N–H and O–H groups in total. The predicted octanol–water partition coefficient (Wildman–Crippen LogP) is 2.87. The zero-order valence-electron chi connectivity index (χ0n) is 10.7. The number of pyridine rings is 1. The molecule has 0 radical (unpaired) electrons. The molecule has 100 valence electrons. The van der Waals surface area contributed by atoms with E-state index in [1.54, 1.807) is 30.2 Å². The Kier molecular flexibility index (Phi) is 3.12. The number of fused-ring (bicyclic) bond motifs is 1. The molecule has 1 aromatic carbocycles. The molecule has 0 unspecified atom stereocenters. The molecule has 20 heavy (non-hydrogen) atoms. The standard InChI is InChI=1S/C14H11ClN4O/c1-19-8-9(7-16-19)17-14(20)13-6-11(15)10-4-2-3-5-12(10)18-13/h2-8H,1H3,(H,17,20). The molecule has 2 heterocycles. The number of halogens is 1. The van der Waals surface area contributed by atoms with Gasteiger partial charge in [-0.25, -0.2) is 4.98 Å². The lowest BCUT2D eigenvalue weighted by atomic mass is 10.2. The van der Waals surface area contributed by atoms with Crippen molar-refractivity contribution >= 4 is 34.1 Å². The van der Waals surface area contributed by atoms with E-state index in [1.807, 2.05) is 24.3 Å². The third-order valence-electron chi connectivity index (χ3n) is 2.86. The molecule has 0 spiro atoms. The number of carbonyl (C=O) groups excluding carboxylic acids is 1. The van der Waals surface area contributed by atoms with Crippen LogP contribution in [0.5, 0.6) is 0 Å². The van der Waals surface area contributed by atoms with Gasteiger partial charge in [-0.3, -0.25) is 9.48 Å². The van der Waals surface area contributed by atoms with Crippen molar-refractivity contribution in [3.63, 3.8) is 0 Å². The van der Waals surface area contributed by atoms with Gasteiger partial charge >= 0.3 is 0 Å². The van der Waals surface area contributed by atoms with E-state index in [0.717, 1.165) is 5.39 Å². The van der Waals surface area contributed by atoms with Crippen LogP contribution in [0.3, 0.4) is 0 Å². The molecule has 0 saturated heterocycles. The van der Waals surface area contributed by atoms with Crippen LogP contribution in [0.2, 0.25) is 5.02 Å². The van der Waals surface area contributed by atoms with Crippen molar-refractivity contribution in [3.05, 3.63) is 53.4 Å². The third kappa shape index (κ3) is 2.35. The van der Waals surface area contributed by atoms with Gasteiger partial charge in [-0.15, -0.1) is 0 Å². The number of para-hydroxylation sites is 1. The van der Waals surface area contributed by atoms with E-state index in [4.69, 9.17) is 11.6 Å². The van der Waals surface area contributed by atoms with Crippen molar-refractivity contribution in [2.24, 2.45) is 7.05 Å². The van der Waals surface area contributed by atoms with Crippen molar-refractivity contribution in [1.29, 1.82) is 0 Å². The SMILES string of the molecule is Cn1cc(NC(=O)c2cc(Cl)c3ccccc3n2)cn1. The van der Waals surface area contributed by atoms with Gasteiger partial charge in [0.15, 0.2) is 0 Å². The predicted molar refractivity (Wildman–Crippen MR) is 77.9 cm³/mol. The van der Waals surface area contributed by atoms with Crippen LogP contribution in [-0.2, 0) is 7.05 Å². The van der Waals surface area contributed by atoms with Crippen molar-refractivity contribution in [2.75, 3.05) is 5.32 Å². The Morgan fingerprint density at radius 3 is 2.90 bits per heavy atom. The van der Waals surface area contributed by atoms with E-state index in [1.165, 1.54) is 0 Å². The van der Waals surface area contributed by atoms with Gasteiger partial charge < -0.3 is 5.32 Å². The second-order valence-corrected chi connectivity index (χ2v) is 4.77. The van der Waals surface area contributed by atoms with Crippen molar-refractivity contribution in [2.45, 2.75) is 0 Å². The molecule has 0 bridgehead atoms. The number of hydrogen-bond donors (Lipinski definition) is 1. The smallest absolute Gasteiger partial charge is 0.274 e. The Morgan fingerprint density at radius 1 is 1.35 bits per heavy atom. The lowest BCUT2D eigenvalue weighted by molar-refractivity contribution is 0.102. The highest BCUT2D eigenvalue weighted by molar-refractivity contribution is 6.35. The first-order chi connectivity index (χ1) is 9.63. The average molecular weight is 287 g/mol. The number of nitrogens with zero attached hydrogens (tertiary/aromatic N) is 3. The van der Waals surface area contributed by atoms with Crippen LogP contribution in [0, 0.1) is 0 Å². The maximum Gasteiger partial charge on any atom is 0.274 e. The van der Waals surface area contributed by atoms with Gasteiger partial charge in [-0.1, -0.05) is 29.8 Å².